The average Bonchev–Trinajstić information content (AvgIpc) is 3.11. The van der Waals surface area contributed by atoms with Gasteiger partial charge in [-0.3, -0.25) is 9.59 Å². The number of hydrogen-bond acceptors (Lipinski definition) is 4. The van der Waals surface area contributed by atoms with Crippen molar-refractivity contribution in [3.63, 3.8) is 0 Å². The first-order valence-electron chi connectivity index (χ1n) is 8.08. The van der Waals surface area contributed by atoms with Gasteiger partial charge in [0, 0.05) is 28.8 Å². The van der Waals surface area contributed by atoms with Crippen LogP contribution < -0.4 is 0 Å². The summed E-state index contributed by atoms with van der Waals surface area (Å²) in [6.45, 7) is 4.18. The summed E-state index contributed by atoms with van der Waals surface area (Å²) in [5.41, 5.74) is 0. The lowest BCUT2D eigenvalue weighted by Gasteiger charge is -2.26. The maximum atomic E-state index is 12.9. The van der Waals surface area contributed by atoms with Crippen molar-refractivity contribution >= 4 is 23.2 Å². The van der Waals surface area contributed by atoms with Gasteiger partial charge in [-0.25, -0.2) is 0 Å². The van der Waals surface area contributed by atoms with Crippen LogP contribution in [0.25, 0.3) is 0 Å². The highest BCUT2D eigenvalue weighted by atomic mass is 32.1. The Bertz CT molecular complexity index is 556. The number of hydrogen-bond donors (Lipinski definition) is 1. The van der Waals surface area contributed by atoms with E-state index >= 15 is 0 Å². The molecule has 0 spiro atoms. The Morgan fingerprint density at radius 2 is 1.91 bits per heavy atom. The van der Waals surface area contributed by atoms with E-state index in [2.05, 4.69) is 24.0 Å². The minimum absolute atomic E-state index is 0.113. The molecule has 1 saturated carbocycles. The monoisotopic (exact) mass is 338 g/mol. The SMILES string of the molecule is Cc1ccc(CN(CCN(C)C)C(=O)[C@H]2CC[C@@H](C(=O)O)C2)s1. The summed E-state index contributed by atoms with van der Waals surface area (Å²) in [4.78, 5) is 30.4. The van der Waals surface area contributed by atoms with Gasteiger partial charge in [-0.05, 0) is 52.4 Å². The summed E-state index contributed by atoms with van der Waals surface area (Å²) in [5, 5.41) is 9.14. The number of nitrogens with zero attached hydrogens (tertiary/aromatic N) is 2. The third-order valence-electron chi connectivity index (χ3n) is 4.40. The zero-order valence-corrected chi connectivity index (χ0v) is 14.9. The molecule has 1 N–H and O–H groups in total. The number of rotatable bonds is 7. The van der Waals surface area contributed by atoms with Crippen LogP contribution in [0.4, 0.5) is 0 Å². The number of carbonyl (C=O) groups is 2. The maximum Gasteiger partial charge on any atom is 0.306 e. The van der Waals surface area contributed by atoms with Crippen LogP contribution in [0.5, 0.6) is 0 Å². The van der Waals surface area contributed by atoms with Gasteiger partial charge in [0.1, 0.15) is 0 Å². The molecule has 1 amide bonds. The number of carboxylic acid groups (broad SMARTS) is 1. The minimum Gasteiger partial charge on any atom is -0.481 e. The van der Waals surface area contributed by atoms with Gasteiger partial charge in [0.2, 0.25) is 5.91 Å². The molecule has 0 aromatic carbocycles. The Hall–Kier alpha value is -1.40. The van der Waals surface area contributed by atoms with Crippen molar-refractivity contribution in [1.29, 1.82) is 0 Å². The number of carbonyl (C=O) groups excluding carboxylic acids is 1. The van der Waals surface area contributed by atoms with Crippen molar-refractivity contribution in [3.8, 4) is 0 Å². The summed E-state index contributed by atoms with van der Waals surface area (Å²) in [6.07, 6.45) is 1.79. The molecule has 1 aliphatic carbocycles. The summed E-state index contributed by atoms with van der Waals surface area (Å²) in [6, 6.07) is 4.15. The standard InChI is InChI=1S/C17H26N2O3S/c1-12-4-7-15(23-12)11-19(9-8-18(2)3)16(20)13-5-6-14(10-13)17(21)22/h4,7,13-14H,5-6,8-11H2,1-3H3,(H,21,22)/t13-,14+/m0/s1. The molecule has 0 aliphatic heterocycles. The van der Waals surface area contributed by atoms with E-state index in [0.29, 0.717) is 32.4 Å². The molecule has 23 heavy (non-hydrogen) atoms. The number of likely N-dealkylation sites (N-methyl/N-ethyl adjacent to an activating group) is 1. The number of aliphatic carboxylic acids is 1. The topological polar surface area (TPSA) is 60.9 Å². The number of amides is 1. The van der Waals surface area contributed by atoms with Gasteiger partial charge in [-0.2, -0.15) is 0 Å². The van der Waals surface area contributed by atoms with Crippen molar-refractivity contribution < 1.29 is 14.7 Å². The predicted octanol–water partition coefficient (Wildman–Crippen LogP) is 2.45. The van der Waals surface area contributed by atoms with Crippen molar-refractivity contribution in [2.45, 2.75) is 32.7 Å². The molecule has 128 valence electrons. The van der Waals surface area contributed by atoms with Crippen LogP contribution in [-0.2, 0) is 16.1 Å². The first kappa shape index (κ1) is 17.9. The fourth-order valence-corrected chi connectivity index (χ4v) is 3.94. The Morgan fingerprint density at radius 3 is 2.43 bits per heavy atom. The second-order valence-corrected chi connectivity index (χ2v) is 7.99. The summed E-state index contributed by atoms with van der Waals surface area (Å²) in [7, 11) is 3.99. The molecule has 2 atom stereocenters. The van der Waals surface area contributed by atoms with Crippen molar-refractivity contribution in [2.24, 2.45) is 11.8 Å². The van der Waals surface area contributed by atoms with Crippen molar-refractivity contribution in [2.75, 3.05) is 27.2 Å². The van der Waals surface area contributed by atoms with Crippen LogP contribution in [0, 0.1) is 18.8 Å². The molecule has 1 aliphatic rings. The third-order valence-corrected chi connectivity index (χ3v) is 5.39. The molecule has 0 bridgehead atoms. The molecule has 1 aromatic rings. The van der Waals surface area contributed by atoms with E-state index < -0.39 is 5.97 Å². The zero-order valence-electron chi connectivity index (χ0n) is 14.1. The molecule has 1 aromatic heterocycles. The van der Waals surface area contributed by atoms with Crippen LogP contribution in [0.1, 0.15) is 29.0 Å². The van der Waals surface area contributed by atoms with Gasteiger partial charge in [0.05, 0.1) is 12.5 Å². The Kier molecular flexibility index (Phi) is 6.18. The fourth-order valence-electron chi connectivity index (χ4n) is 3.03. The summed E-state index contributed by atoms with van der Waals surface area (Å²) < 4.78 is 0. The van der Waals surface area contributed by atoms with Gasteiger partial charge in [-0.15, -0.1) is 11.3 Å². The number of aryl methyl sites for hydroxylation is 1. The van der Waals surface area contributed by atoms with Crippen LogP contribution in [-0.4, -0.2) is 54.0 Å². The van der Waals surface area contributed by atoms with E-state index in [4.69, 9.17) is 5.11 Å². The van der Waals surface area contributed by atoms with E-state index in [1.54, 1.807) is 11.3 Å². The predicted molar refractivity (Wildman–Crippen MR) is 91.5 cm³/mol. The van der Waals surface area contributed by atoms with Crippen LogP contribution in [0.15, 0.2) is 12.1 Å². The van der Waals surface area contributed by atoms with Crippen molar-refractivity contribution in [3.05, 3.63) is 21.9 Å². The Balaban J connectivity index is 2.03. The van der Waals surface area contributed by atoms with E-state index in [9.17, 15) is 9.59 Å². The lowest BCUT2D eigenvalue weighted by Crippen LogP contribution is -2.39. The van der Waals surface area contributed by atoms with Crippen LogP contribution in [0.3, 0.4) is 0 Å². The molecule has 2 rings (SSSR count). The third kappa shape index (κ3) is 5.04. The average molecular weight is 338 g/mol. The van der Waals surface area contributed by atoms with E-state index in [-0.39, 0.29) is 17.7 Å². The molecule has 1 heterocycles. The smallest absolute Gasteiger partial charge is 0.306 e. The van der Waals surface area contributed by atoms with E-state index in [0.717, 1.165) is 6.54 Å². The van der Waals surface area contributed by atoms with E-state index in [1.165, 1.54) is 9.75 Å². The molecule has 0 saturated heterocycles. The second-order valence-electron chi connectivity index (χ2n) is 6.62. The molecule has 5 nitrogen and oxygen atoms in total. The highest BCUT2D eigenvalue weighted by Gasteiger charge is 2.35. The summed E-state index contributed by atoms with van der Waals surface area (Å²) in [5.74, 6) is -1.15. The minimum atomic E-state index is -0.769. The molecule has 1 fully saturated rings. The Labute approximate surface area is 141 Å². The van der Waals surface area contributed by atoms with Crippen LogP contribution >= 0.6 is 11.3 Å². The first-order chi connectivity index (χ1) is 10.9. The zero-order chi connectivity index (χ0) is 17.0. The van der Waals surface area contributed by atoms with Crippen molar-refractivity contribution in [1.82, 2.24) is 9.80 Å². The van der Waals surface area contributed by atoms with Gasteiger partial charge in [0.25, 0.3) is 0 Å². The van der Waals surface area contributed by atoms with Gasteiger partial charge < -0.3 is 14.9 Å². The highest BCUT2D eigenvalue weighted by Crippen LogP contribution is 2.33. The lowest BCUT2D eigenvalue weighted by molar-refractivity contribution is -0.141. The van der Waals surface area contributed by atoms with Gasteiger partial charge >= 0.3 is 5.97 Å². The largest absolute Gasteiger partial charge is 0.481 e. The first-order valence-corrected chi connectivity index (χ1v) is 8.90. The van der Waals surface area contributed by atoms with E-state index in [1.807, 2.05) is 19.0 Å². The van der Waals surface area contributed by atoms with Gasteiger partial charge in [0.15, 0.2) is 0 Å². The van der Waals surface area contributed by atoms with Gasteiger partial charge in [-0.1, -0.05) is 0 Å². The molecular formula is C17H26N2O3S. The maximum absolute atomic E-state index is 12.9. The molecule has 0 radical (unpaired) electrons. The molecule has 0 unspecified atom stereocenters. The molecular weight excluding hydrogens is 312 g/mol. The lowest BCUT2D eigenvalue weighted by atomic mass is 10.0. The second kappa shape index (κ2) is 7.93. The highest BCUT2D eigenvalue weighted by molar-refractivity contribution is 7.11. The number of carboxylic acids is 1. The number of thiophene rings is 1. The van der Waals surface area contributed by atoms with Crippen LogP contribution in [0.2, 0.25) is 0 Å². The summed E-state index contributed by atoms with van der Waals surface area (Å²) >= 11 is 1.71. The quantitative estimate of drug-likeness (QED) is 0.829. The fraction of sp³-hybridized carbons (Fsp3) is 0.647. The normalized spacial score (nSPS) is 20.9. The molecule has 6 heteroatoms. The Morgan fingerprint density at radius 1 is 1.22 bits per heavy atom.